The monoisotopic (exact) mass is 619 g/mol. The smallest absolute Gasteiger partial charge is 0.264 e. The van der Waals surface area contributed by atoms with Gasteiger partial charge in [-0.3, -0.25) is 13.9 Å². The predicted octanol–water partition coefficient (Wildman–Crippen LogP) is 5.84. The van der Waals surface area contributed by atoms with Gasteiger partial charge in [0.1, 0.15) is 18.3 Å². The maximum absolute atomic E-state index is 14.1. The molecule has 1 N–H and O–H groups in total. The average molecular weight is 621 g/mol. The predicted molar refractivity (Wildman–Crippen MR) is 163 cm³/mol. The number of anilines is 1. The minimum atomic E-state index is -4.27. The Morgan fingerprint density at radius 1 is 0.951 bits per heavy atom. The number of sulfonamides is 1. The normalized spacial score (nSPS) is 12.4. The molecular weight excluding hydrogens is 585 g/mol. The second-order valence-electron chi connectivity index (χ2n) is 10.7. The Bertz CT molecular complexity index is 1490. The first-order valence-corrected chi connectivity index (χ1v) is 15.1. The fourth-order valence-corrected chi connectivity index (χ4v) is 5.76. The molecule has 3 aromatic rings. The van der Waals surface area contributed by atoms with E-state index in [0.29, 0.717) is 10.6 Å². The highest BCUT2D eigenvalue weighted by Gasteiger charge is 2.34. The summed E-state index contributed by atoms with van der Waals surface area (Å²) in [6.07, 6.45) is 0. The molecule has 11 heteroatoms. The number of hydrogen-bond donors (Lipinski definition) is 1. The first-order chi connectivity index (χ1) is 19.1. The van der Waals surface area contributed by atoms with Gasteiger partial charge in [0.2, 0.25) is 11.8 Å². The van der Waals surface area contributed by atoms with Gasteiger partial charge < -0.3 is 15.0 Å². The summed E-state index contributed by atoms with van der Waals surface area (Å²) in [5.41, 5.74) is 1.13. The molecule has 1 atom stereocenters. The summed E-state index contributed by atoms with van der Waals surface area (Å²) in [6.45, 7) is 8.39. The van der Waals surface area contributed by atoms with Crippen molar-refractivity contribution in [2.75, 3.05) is 18.0 Å². The molecule has 0 aliphatic rings. The van der Waals surface area contributed by atoms with Crippen LogP contribution in [0.1, 0.15) is 38.8 Å². The molecule has 0 saturated heterocycles. The molecule has 3 aromatic carbocycles. The Morgan fingerprint density at radius 3 is 2.10 bits per heavy atom. The largest absolute Gasteiger partial charge is 0.495 e. The first kappa shape index (κ1) is 32.2. The summed E-state index contributed by atoms with van der Waals surface area (Å²) in [7, 11) is -2.87. The topological polar surface area (TPSA) is 96.0 Å². The van der Waals surface area contributed by atoms with Crippen molar-refractivity contribution in [2.24, 2.45) is 0 Å². The van der Waals surface area contributed by atoms with E-state index in [9.17, 15) is 18.0 Å². The molecule has 0 aliphatic heterocycles. The van der Waals surface area contributed by atoms with E-state index in [1.54, 1.807) is 49.4 Å². The van der Waals surface area contributed by atoms with Gasteiger partial charge in [-0.05, 0) is 82.6 Å². The fourth-order valence-electron chi connectivity index (χ4n) is 4.05. The van der Waals surface area contributed by atoms with E-state index in [0.717, 1.165) is 9.87 Å². The zero-order valence-corrected chi connectivity index (χ0v) is 26.3. The first-order valence-electron chi connectivity index (χ1n) is 12.9. The van der Waals surface area contributed by atoms with Crippen molar-refractivity contribution in [1.29, 1.82) is 0 Å². The molecule has 0 bridgehead atoms. The SMILES string of the molecule is COc1ccc(Cl)cc1N(CC(=O)N(Cc1ccc(Cl)cc1)[C@@H](C)C(=O)NC(C)(C)C)S(=O)(=O)c1ccc(C)cc1. The Labute approximate surface area is 252 Å². The summed E-state index contributed by atoms with van der Waals surface area (Å²) in [4.78, 5) is 28.6. The van der Waals surface area contributed by atoms with Crippen LogP contribution < -0.4 is 14.4 Å². The van der Waals surface area contributed by atoms with E-state index < -0.39 is 34.1 Å². The summed E-state index contributed by atoms with van der Waals surface area (Å²) >= 11 is 12.3. The molecule has 0 aromatic heterocycles. The quantitative estimate of drug-likeness (QED) is 0.308. The minimum absolute atomic E-state index is 0.0132. The van der Waals surface area contributed by atoms with Gasteiger partial charge >= 0.3 is 0 Å². The number of nitrogens with zero attached hydrogens (tertiary/aromatic N) is 2. The number of methoxy groups -OCH3 is 1. The van der Waals surface area contributed by atoms with E-state index in [-0.39, 0.29) is 33.8 Å². The lowest BCUT2D eigenvalue weighted by molar-refractivity contribution is -0.140. The van der Waals surface area contributed by atoms with Crippen LogP contribution in [-0.2, 0) is 26.2 Å². The maximum Gasteiger partial charge on any atom is 0.264 e. The molecule has 220 valence electrons. The Balaban J connectivity index is 2.10. The molecular formula is C30H35Cl2N3O5S. The van der Waals surface area contributed by atoms with Crippen molar-refractivity contribution in [3.63, 3.8) is 0 Å². The van der Waals surface area contributed by atoms with Crippen LogP contribution in [0.5, 0.6) is 5.75 Å². The van der Waals surface area contributed by atoms with Crippen LogP contribution in [0.4, 0.5) is 5.69 Å². The molecule has 3 rings (SSSR count). The van der Waals surface area contributed by atoms with Crippen molar-refractivity contribution < 1.29 is 22.7 Å². The molecule has 0 spiro atoms. The van der Waals surface area contributed by atoms with Crippen LogP contribution in [0.2, 0.25) is 10.0 Å². The average Bonchev–Trinajstić information content (AvgIpc) is 2.90. The third-order valence-corrected chi connectivity index (χ3v) is 8.49. The van der Waals surface area contributed by atoms with Crippen LogP contribution >= 0.6 is 23.2 Å². The zero-order chi connectivity index (χ0) is 30.5. The Kier molecular flexibility index (Phi) is 10.3. The molecule has 2 amide bonds. The Morgan fingerprint density at radius 2 is 1.54 bits per heavy atom. The number of rotatable bonds is 10. The Hall–Kier alpha value is -3.27. The van der Waals surface area contributed by atoms with Crippen LogP contribution in [0, 0.1) is 6.92 Å². The third kappa shape index (κ3) is 8.38. The van der Waals surface area contributed by atoms with Crippen molar-refractivity contribution in [2.45, 2.75) is 57.6 Å². The number of amides is 2. The van der Waals surface area contributed by atoms with Crippen LogP contribution in [-0.4, -0.2) is 50.4 Å². The lowest BCUT2D eigenvalue weighted by Gasteiger charge is -2.33. The van der Waals surface area contributed by atoms with E-state index in [2.05, 4.69) is 5.32 Å². The van der Waals surface area contributed by atoms with Crippen molar-refractivity contribution in [3.8, 4) is 5.75 Å². The van der Waals surface area contributed by atoms with Crippen molar-refractivity contribution >= 4 is 50.7 Å². The highest BCUT2D eigenvalue weighted by Crippen LogP contribution is 2.35. The van der Waals surface area contributed by atoms with E-state index in [4.69, 9.17) is 27.9 Å². The number of aryl methyl sites for hydroxylation is 1. The van der Waals surface area contributed by atoms with Crippen molar-refractivity contribution in [3.05, 3.63) is 87.9 Å². The molecule has 0 fully saturated rings. The molecule has 8 nitrogen and oxygen atoms in total. The number of ether oxygens (including phenoxy) is 1. The molecule has 0 saturated carbocycles. The number of carbonyl (C=O) groups is 2. The van der Waals surface area contributed by atoms with Gasteiger partial charge in [-0.25, -0.2) is 8.42 Å². The van der Waals surface area contributed by atoms with Crippen LogP contribution in [0.3, 0.4) is 0 Å². The maximum atomic E-state index is 14.1. The number of halogens is 2. The summed E-state index contributed by atoms with van der Waals surface area (Å²) < 4.78 is 34.5. The van der Waals surface area contributed by atoms with E-state index >= 15 is 0 Å². The highest BCUT2D eigenvalue weighted by molar-refractivity contribution is 7.92. The van der Waals surface area contributed by atoms with Gasteiger partial charge in [0, 0.05) is 22.1 Å². The second kappa shape index (κ2) is 13.1. The van der Waals surface area contributed by atoms with Crippen LogP contribution in [0.15, 0.2) is 71.6 Å². The standard InChI is InChI=1S/C30H35Cl2N3O5S/c1-20-7-14-25(15-8-20)41(38,39)35(26-17-24(32)13-16-27(26)40-6)19-28(36)34(18-22-9-11-23(31)12-10-22)21(2)29(37)33-30(3,4)5/h7-17,21H,18-19H2,1-6H3,(H,33,37)/t21-/m0/s1. The molecule has 41 heavy (non-hydrogen) atoms. The molecule has 0 radical (unpaired) electrons. The molecule has 0 aliphatic carbocycles. The van der Waals surface area contributed by atoms with Gasteiger partial charge in [-0.2, -0.15) is 0 Å². The summed E-state index contributed by atoms with van der Waals surface area (Å²) in [5, 5.41) is 3.68. The van der Waals surface area contributed by atoms with E-state index in [1.807, 2.05) is 27.7 Å². The lowest BCUT2D eigenvalue weighted by Crippen LogP contribution is -2.54. The molecule has 0 unspecified atom stereocenters. The molecule has 0 heterocycles. The number of nitrogens with one attached hydrogen (secondary N) is 1. The minimum Gasteiger partial charge on any atom is -0.495 e. The van der Waals surface area contributed by atoms with Gasteiger partial charge in [-0.15, -0.1) is 0 Å². The van der Waals surface area contributed by atoms with Gasteiger partial charge in [-0.1, -0.05) is 53.0 Å². The second-order valence-corrected chi connectivity index (χ2v) is 13.4. The fraction of sp³-hybridized carbons (Fsp3) is 0.333. The number of hydrogen-bond acceptors (Lipinski definition) is 5. The highest BCUT2D eigenvalue weighted by atomic mass is 35.5. The lowest BCUT2D eigenvalue weighted by atomic mass is 10.1. The number of carbonyl (C=O) groups excluding carboxylic acids is 2. The van der Waals surface area contributed by atoms with Gasteiger partial charge in [0.15, 0.2) is 0 Å². The van der Waals surface area contributed by atoms with E-state index in [1.165, 1.54) is 36.3 Å². The van der Waals surface area contributed by atoms with Crippen molar-refractivity contribution in [1.82, 2.24) is 10.2 Å². The third-order valence-electron chi connectivity index (χ3n) is 6.23. The number of benzene rings is 3. The zero-order valence-electron chi connectivity index (χ0n) is 23.9. The van der Waals surface area contributed by atoms with Gasteiger partial charge in [0.25, 0.3) is 10.0 Å². The van der Waals surface area contributed by atoms with Crippen LogP contribution in [0.25, 0.3) is 0 Å². The summed E-state index contributed by atoms with van der Waals surface area (Å²) in [6, 6.07) is 16.8. The van der Waals surface area contributed by atoms with Gasteiger partial charge in [0.05, 0.1) is 17.7 Å². The summed E-state index contributed by atoms with van der Waals surface area (Å²) in [5.74, 6) is -0.775.